The van der Waals surface area contributed by atoms with Crippen LogP contribution in [-0.4, -0.2) is 28.7 Å². The Kier molecular flexibility index (Phi) is 4.34. The van der Waals surface area contributed by atoms with Gasteiger partial charge in [-0.25, -0.2) is 0 Å². The molecule has 6 nitrogen and oxygen atoms in total. The molecule has 1 N–H and O–H groups in total. The highest BCUT2D eigenvalue weighted by Gasteiger charge is 2.50. The molecule has 1 saturated heterocycles. The van der Waals surface area contributed by atoms with Gasteiger partial charge in [-0.3, -0.25) is 19.3 Å². The van der Waals surface area contributed by atoms with E-state index in [2.05, 4.69) is 5.32 Å². The number of carbonyl (C=O) groups excluding carboxylic acids is 3. The number of imide groups is 1. The van der Waals surface area contributed by atoms with Crippen molar-refractivity contribution in [1.29, 1.82) is 5.26 Å². The van der Waals surface area contributed by atoms with E-state index in [0.717, 1.165) is 30.6 Å². The maximum atomic E-state index is 12.5. The van der Waals surface area contributed by atoms with Gasteiger partial charge in [-0.2, -0.15) is 5.26 Å². The Hall–Kier alpha value is -2.68. The fraction of sp³-hybridized carbons (Fsp3) is 0.444. The van der Waals surface area contributed by atoms with Gasteiger partial charge in [-0.1, -0.05) is 12.8 Å². The number of nitrogens with zero attached hydrogens (tertiary/aromatic N) is 2. The van der Waals surface area contributed by atoms with E-state index in [1.807, 2.05) is 6.07 Å². The average Bonchev–Trinajstić information content (AvgIpc) is 2.86. The first-order valence-corrected chi connectivity index (χ1v) is 8.21. The summed E-state index contributed by atoms with van der Waals surface area (Å²) in [6.07, 6.45) is 3.38. The van der Waals surface area contributed by atoms with E-state index in [-0.39, 0.29) is 23.7 Å². The lowest BCUT2D eigenvalue weighted by Crippen LogP contribution is -2.46. The molecule has 2 fully saturated rings. The third-order valence-corrected chi connectivity index (χ3v) is 4.92. The molecular formula is C18H19N3O3. The highest BCUT2D eigenvalue weighted by atomic mass is 16.2. The van der Waals surface area contributed by atoms with E-state index in [9.17, 15) is 14.4 Å². The predicted octanol–water partition coefficient (Wildman–Crippen LogP) is 2.06. The number of rotatable bonds is 3. The number of nitriles is 1. The van der Waals surface area contributed by atoms with Gasteiger partial charge in [0.15, 0.2) is 0 Å². The number of amides is 3. The van der Waals surface area contributed by atoms with Crippen molar-refractivity contribution in [3.05, 3.63) is 29.8 Å². The number of nitrogens with one attached hydrogen (secondary N) is 1. The van der Waals surface area contributed by atoms with Crippen molar-refractivity contribution >= 4 is 23.4 Å². The number of likely N-dealkylation sites (tertiary alicyclic amines) is 1. The van der Waals surface area contributed by atoms with Crippen LogP contribution < -0.4 is 5.32 Å². The molecule has 1 saturated carbocycles. The molecule has 1 heterocycles. The Labute approximate surface area is 140 Å². The Balaban J connectivity index is 1.72. The van der Waals surface area contributed by atoms with Crippen LogP contribution in [0.1, 0.15) is 38.2 Å². The normalized spacial score (nSPS) is 24.2. The average molecular weight is 325 g/mol. The van der Waals surface area contributed by atoms with E-state index in [1.165, 1.54) is 0 Å². The minimum absolute atomic E-state index is 0.216. The van der Waals surface area contributed by atoms with Crippen molar-refractivity contribution in [1.82, 2.24) is 4.90 Å². The molecule has 24 heavy (non-hydrogen) atoms. The van der Waals surface area contributed by atoms with E-state index in [0.29, 0.717) is 11.3 Å². The molecular weight excluding hydrogens is 306 g/mol. The fourth-order valence-corrected chi connectivity index (χ4v) is 3.56. The first kappa shape index (κ1) is 16.2. The molecule has 1 aromatic rings. The predicted molar refractivity (Wildman–Crippen MR) is 86.5 cm³/mol. The van der Waals surface area contributed by atoms with Crippen LogP contribution in [-0.2, 0) is 14.4 Å². The summed E-state index contributed by atoms with van der Waals surface area (Å²) in [4.78, 5) is 38.6. The van der Waals surface area contributed by atoms with Crippen LogP contribution >= 0.6 is 0 Å². The number of hydrogen-bond donors (Lipinski definition) is 1. The van der Waals surface area contributed by atoms with Crippen LogP contribution in [0.4, 0.5) is 5.69 Å². The van der Waals surface area contributed by atoms with Gasteiger partial charge in [0, 0.05) is 5.69 Å². The molecule has 6 heteroatoms. The van der Waals surface area contributed by atoms with E-state index >= 15 is 0 Å². The molecule has 1 aliphatic carbocycles. The maximum Gasteiger partial charge on any atom is 0.247 e. The lowest BCUT2D eigenvalue weighted by atomic mass is 9.81. The van der Waals surface area contributed by atoms with E-state index < -0.39 is 11.9 Å². The minimum Gasteiger partial charge on any atom is -0.324 e. The zero-order valence-corrected chi connectivity index (χ0v) is 13.5. The fourth-order valence-electron chi connectivity index (χ4n) is 3.56. The highest BCUT2D eigenvalue weighted by Crippen LogP contribution is 2.38. The van der Waals surface area contributed by atoms with Crippen molar-refractivity contribution in [2.75, 3.05) is 5.32 Å². The zero-order chi connectivity index (χ0) is 17.3. The molecule has 3 unspecified atom stereocenters. The van der Waals surface area contributed by atoms with Crippen LogP contribution in [0.3, 0.4) is 0 Å². The second kappa shape index (κ2) is 6.44. The number of benzene rings is 1. The van der Waals surface area contributed by atoms with E-state index in [1.54, 1.807) is 31.2 Å². The standard InChI is InChI=1S/C18H19N3O3/c1-11(16(22)20-13-8-6-12(10-19)7-9-13)21-17(23)14-4-2-3-5-15(14)18(21)24/h6-9,11,14-15H,2-5H2,1H3,(H,20,22). The smallest absolute Gasteiger partial charge is 0.247 e. The number of anilines is 1. The molecule has 2 aliphatic rings. The topological polar surface area (TPSA) is 90.3 Å². The molecule has 0 radical (unpaired) electrons. The molecule has 3 atom stereocenters. The molecule has 0 spiro atoms. The first-order chi connectivity index (χ1) is 11.5. The molecule has 124 valence electrons. The SMILES string of the molecule is CC(C(=O)Nc1ccc(C#N)cc1)N1C(=O)C2CCCCC2C1=O. The summed E-state index contributed by atoms with van der Waals surface area (Å²) in [5.74, 6) is -1.34. The number of fused-ring (bicyclic) bond motifs is 1. The van der Waals surface area contributed by atoms with Crippen molar-refractivity contribution in [3.8, 4) is 6.07 Å². The van der Waals surface area contributed by atoms with E-state index in [4.69, 9.17) is 5.26 Å². The second-order valence-corrected chi connectivity index (χ2v) is 6.40. The lowest BCUT2D eigenvalue weighted by molar-refractivity contribution is -0.146. The second-order valence-electron chi connectivity index (χ2n) is 6.40. The Morgan fingerprint density at radius 3 is 2.21 bits per heavy atom. The van der Waals surface area contributed by atoms with Gasteiger partial charge in [0.1, 0.15) is 6.04 Å². The summed E-state index contributed by atoms with van der Waals surface area (Å²) in [5.41, 5.74) is 1.03. The summed E-state index contributed by atoms with van der Waals surface area (Å²) in [6, 6.07) is 7.60. The van der Waals surface area contributed by atoms with Crippen LogP contribution in [0.2, 0.25) is 0 Å². The molecule has 1 aliphatic heterocycles. The van der Waals surface area contributed by atoms with Gasteiger partial charge < -0.3 is 5.32 Å². The Morgan fingerprint density at radius 1 is 1.17 bits per heavy atom. The van der Waals surface area contributed by atoms with Crippen LogP contribution in [0, 0.1) is 23.2 Å². The molecule has 3 rings (SSSR count). The maximum absolute atomic E-state index is 12.5. The van der Waals surface area contributed by atoms with Crippen molar-refractivity contribution in [2.24, 2.45) is 11.8 Å². The lowest BCUT2D eigenvalue weighted by Gasteiger charge is -2.22. The largest absolute Gasteiger partial charge is 0.324 e. The van der Waals surface area contributed by atoms with Gasteiger partial charge >= 0.3 is 0 Å². The Morgan fingerprint density at radius 2 is 1.71 bits per heavy atom. The Bertz CT molecular complexity index is 696. The van der Waals surface area contributed by atoms with Gasteiger partial charge in [0.2, 0.25) is 17.7 Å². The monoisotopic (exact) mass is 325 g/mol. The molecule has 0 bridgehead atoms. The van der Waals surface area contributed by atoms with Crippen molar-refractivity contribution in [3.63, 3.8) is 0 Å². The van der Waals surface area contributed by atoms with Gasteiger partial charge in [0.05, 0.1) is 23.5 Å². The first-order valence-electron chi connectivity index (χ1n) is 8.21. The van der Waals surface area contributed by atoms with Gasteiger partial charge in [-0.05, 0) is 44.0 Å². The number of hydrogen-bond acceptors (Lipinski definition) is 4. The third kappa shape index (κ3) is 2.78. The summed E-state index contributed by atoms with van der Waals surface area (Å²) in [5, 5.41) is 11.5. The molecule has 0 aromatic heterocycles. The quantitative estimate of drug-likeness (QED) is 0.861. The van der Waals surface area contributed by atoms with Crippen molar-refractivity contribution < 1.29 is 14.4 Å². The minimum atomic E-state index is -0.841. The van der Waals surface area contributed by atoms with Crippen LogP contribution in [0.25, 0.3) is 0 Å². The number of carbonyl (C=O) groups is 3. The summed E-state index contributed by atoms with van der Waals surface area (Å²) in [7, 11) is 0. The van der Waals surface area contributed by atoms with Crippen LogP contribution in [0.5, 0.6) is 0 Å². The summed E-state index contributed by atoms with van der Waals surface area (Å²) >= 11 is 0. The molecule has 3 amide bonds. The van der Waals surface area contributed by atoms with Gasteiger partial charge in [0.25, 0.3) is 0 Å². The highest BCUT2D eigenvalue weighted by molar-refractivity contribution is 6.09. The molecule has 1 aromatic carbocycles. The summed E-state index contributed by atoms with van der Waals surface area (Å²) < 4.78 is 0. The van der Waals surface area contributed by atoms with Gasteiger partial charge in [-0.15, -0.1) is 0 Å². The third-order valence-electron chi connectivity index (χ3n) is 4.92. The summed E-state index contributed by atoms with van der Waals surface area (Å²) in [6.45, 7) is 1.58. The zero-order valence-electron chi connectivity index (χ0n) is 13.5. The van der Waals surface area contributed by atoms with Crippen LogP contribution in [0.15, 0.2) is 24.3 Å². The van der Waals surface area contributed by atoms with Crippen molar-refractivity contribution in [2.45, 2.75) is 38.6 Å².